The molecular weight excluding hydrogens is 1220 g/mol. The molecule has 4 unspecified atom stereocenters. The minimum absolute atomic E-state index is 0.0837. The van der Waals surface area contributed by atoms with Gasteiger partial charge in [0.05, 0.1) is 26.4 Å². The van der Waals surface area contributed by atoms with Crippen LogP contribution in [0.25, 0.3) is 0 Å². The van der Waals surface area contributed by atoms with Gasteiger partial charge in [-0.15, -0.1) is 0 Å². The van der Waals surface area contributed by atoms with Crippen molar-refractivity contribution >= 4 is 39.5 Å². The molecule has 0 aromatic rings. The monoisotopic (exact) mass is 1360 g/mol. The van der Waals surface area contributed by atoms with Crippen LogP contribution >= 0.6 is 15.6 Å². The predicted molar refractivity (Wildman–Crippen MR) is 377 cm³/mol. The third-order valence-electron chi connectivity index (χ3n) is 17.2. The standard InChI is InChI=1S/C74H140O17P2/c1-8-11-12-13-14-15-16-17-18-21-24-27-34-43-50-57-74(79)91-70(62-85-72(77)56-49-42-37-36-40-47-54-67(7)10-3)64-89-93(82,83)87-60-68(75)59-86-92(80,81)88-63-69(61-84-71(76)55-48-41-33-30-29-32-39-46-53-66(6)9-2)90-73(78)58-51-44-35-28-25-22-19-20-23-26-31-38-45-52-65(4)5/h15-18,65-70,75H,8-14,19-64H2,1-7H3,(H,80,81)(H,82,83)/b16-15-,18-17-/t66?,67?,68-,69-,70-/m1/s1. The average Bonchev–Trinajstić information content (AvgIpc) is 3.73. The summed E-state index contributed by atoms with van der Waals surface area (Å²) in [6.07, 6.45) is 52.1. The molecule has 0 bridgehead atoms. The highest BCUT2D eigenvalue weighted by atomic mass is 31.2. The van der Waals surface area contributed by atoms with Crippen LogP contribution in [0.15, 0.2) is 24.3 Å². The van der Waals surface area contributed by atoms with Crippen molar-refractivity contribution in [2.24, 2.45) is 17.8 Å². The first-order valence-corrected chi connectivity index (χ1v) is 40.7. The quantitative estimate of drug-likeness (QED) is 0.0169. The summed E-state index contributed by atoms with van der Waals surface area (Å²) < 4.78 is 68.4. The molecule has 0 aliphatic carbocycles. The van der Waals surface area contributed by atoms with E-state index in [2.05, 4.69) is 72.8 Å². The van der Waals surface area contributed by atoms with Crippen LogP contribution in [0.3, 0.4) is 0 Å². The van der Waals surface area contributed by atoms with Gasteiger partial charge in [0.15, 0.2) is 12.2 Å². The lowest BCUT2D eigenvalue weighted by Gasteiger charge is -2.21. The Kier molecular flexibility index (Phi) is 62.5. The van der Waals surface area contributed by atoms with Gasteiger partial charge in [-0.1, -0.05) is 297 Å². The van der Waals surface area contributed by atoms with Crippen molar-refractivity contribution in [2.75, 3.05) is 39.6 Å². The highest BCUT2D eigenvalue weighted by molar-refractivity contribution is 7.47. The number of carbonyl (C=O) groups is 4. The second-order valence-electron chi connectivity index (χ2n) is 27.0. The zero-order valence-electron chi connectivity index (χ0n) is 60.2. The van der Waals surface area contributed by atoms with E-state index in [1.54, 1.807) is 0 Å². The van der Waals surface area contributed by atoms with Crippen molar-refractivity contribution in [3.63, 3.8) is 0 Å². The minimum Gasteiger partial charge on any atom is -0.462 e. The van der Waals surface area contributed by atoms with Gasteiger partial charge in [0.25, 0.3) is 0 Å². The van der Waals surface area contributed by atoms with Gasteiger partial charge in [-0.25, -0.2) is 9.13 Å². The normalized spacial score (nSPS) is 14.9. The lowest BCUT2D eigenvalue weighted by molar-refractivity contribution is -0.161. The lowest BCUT2D eigenvalue weighted by atomic mass is 9.99. The molecule has 0 amide bonds. The molecule has 0 aliphatic heterocycles. The Bertz CT molecular complexity index is 1920. The van der Waals surface area contributed by atoms with E-state index in [4.69, 9.17) is 37.0 Å². The Hall–Kier alpha value is -2.46. The molecule has 0 aliphatic rings. The van der Waals surface area contributed by atoms with Gasteiger partial charge in [-0.2, -0.15) is 0 Å². The van der Waals surface area contributed by atoms with Crippen molar-refractivity contribution in [3.8, 4) is 0 Å². The summed E-state index contributed by atoms with van der Waals surface area (Å²) >= 11 is 0. The Morgan fingerprint density at radius 1 is 0.355 bits per heavy atom. The van der Waals surface area contributed by atoms with Gasteiger partial charge in [-0.05, 0) is 69.1 Å². The fourth-order valence-corrected chi connectivity index (χ4v) is 12.2. The summed E-state index contributed by atoms with van der Waals surface area (Å²) in [5.74, 6) is 0.136. The fourth-order valence-electron chi connectivity index (χ4n) is 10.6. The minimum atomic E-state index is -4.96. The highest BCUT2D eigenvalue weighted by Crippen LogP contribution is 2.45. The van der Waals surface area contributed by atoms with Crippen LogP contribution in [-0.2, 0) is 65.4 Å². The first kappa shape index (κ1) is 90.5. The van der Waals surface area contributed by atoms with Crippen molar-refractivity contribution in [3.05, 3.63) is 24.3 Å². The number of carbonyl (C=O) groups excluding carboxylic acids is 4. The molecule has 0 aromatic carbocycles. The van der Waals surface area contributed by atoms with Crippen LogP contribution in [0.2, 0.25) is 0 Å². The molecule has 0 heterocycles. The zero-order chi connectivity index (χ0) is 68.7. The van der Waals surface area contributed by atoms with Crippen molar-refractivity contribution in [1.82, 2.24) is 0 Å². The molecule has 0 aromatic heterocycles. The van der Waals surface area contributed by atoms with E-state index in [-0.39, 0.29) is 25.7 Å². The largest absolute Gasteiger partial charge is 0.472 e. The topological polar surface area (TPSA) is 237 Å². The molecule has 0 fully saturated rings. The van der Waals surface area contributed by atoms with Crippen LogP contribution in [0.1, 0.15) is 350 Å². The Morgan fingerprint density at radius 3 is 0.957 bits per heavy atom. The number of rotatable bonds is 70. The van der Waals surface area contributed by atoms with Gasteiger partial charge >= 0.3 is 39.5 Å². The number of ether oxygens (including phenoxy) is 4. The Labute approximate surface area is 567 Å². The maximum atomic E-state index is 13.1. The number of aliphatic hydroxyl groups is 1. The van der Waals surface area contributed by atoms with E-state index in [0.717, 1.165) is 127 Å². The summed E-state index contributed by atoms with van der Waals surface area (Å²) in [6, 6.07) is 0. The molecule has 7 atom stereocenters. The number of hydrogen-bond donors (Lipinski definition) is 3. The first-order chi connectivity index (χ1) is 44.8. The van der Waals surface area contributed by atoms with E-state index < -0.39 is 97.5 Å². The summed E-state index contributed by atoms with van der Waals surface area (Å²) in [5.41, 5.74) is 0. The third kappa shape index (κ3) is 65.3. The van der Waals surface area contributed by atoms with Gasteiger partial charge in [0, 0.05) is 25.7 Å². The van der Waals surface area contributed by atoms with E-state index >= 15 is 0 Å². The second-order valence-corrected chi connectivity index (χ2v) is 29.9. The summed E-state index contributed by atoms with van der Waals surface area (Å²) in [4.78, 5) is 72.7. The van der Waals surface area contributed by atoms with Gasteiger partial charge in [-0.3, -0.25) is 37.3 Å². The number of esters is 4. The number of phosphoric acid groups is 2. The van der Waals surface area contributed by atoms with Gasteiger partial charge < -0.3 is 33.8 Å². The molecule has 0 spiro atoms. The molecule has 0 saturated heterocycles. The third-order valence-corrected chi connectivity index (χ3v) is 19.1. The van der Waals surface area contributed by atoms with Crippen LogP contribution in [0.4, 0.5) is 0 Å². The molecule has 3 N–H and O–H groups in total. The number of allylic oxidation sites excluding steroid dienone is 4. The summed E-state index contributed by atoms with van der Waals surface area (Å²) in [7, 11) is -9.92. The molecule has 17 nitrogen and oxygen atoms in total. The number of unbranched alkanes of at least 4 members (excludes halogenated alkanes) is 33. The SMILES string of the molecule is CCCCCC/C=C\C=C/CCCCCCCC(=O)O[C@H](COC(=O)CCCCCCCCC(C)CC)COP(=O)(O)OC[C@H](O)COP(=O)(O)OC[C@@H](COC(=O)CCCCCCCCCCC(C)CC)OC(=O)CCCCCCCCCCCCCCCC(C)C. The Morgan fingerprint density at radius 2 is 0.634 bits per heavy atom. The van der Waals surface area contributed by atoms with Crippen LogP contribution < -0.4 is 0 Å². The number of phosphoric ester groups is 2. The highest BCUT2D eigenvalue weighted by Gasteiger charge is 2.30. The van der Waals surface area contributed by atoms with Gasteiger partial charge in [0.2, 0.25) is 0 Å². The molecule has 19 heteroatoms. The first-order valence-electron chi connectivity index (χ1n) is 37.7. The number of aliphatic hydroxyl groups excluding tert-OH is 1. The van der Waals surface area contributed by atoms with Gasteiger partial charge in [0.1, 0.15) is 19.3 Å². The zero-order valence-corrected chi connectivity index (χ0v) is 62.0. The molecule has 93 heavy (non-hydrogen) atoms. The lowest BCUT2D eigenvalue weighted by Crippen LogP contribution is -2.30. The maximum Gasteiger partial charge on any atom is 0.472 e. The van der Waals surface area contributed by atoms with Crippen LogP contribution in [0.5, 0.6) is 0 Å². The predicted octanol–water partition coefficient (Wildman–Crippen LogP) is 21.0. The summed E-state index contributed by atoms with van der Waals surface area (Å²) in [6.45, 7) is 11.8. The van der Waals surface area contributed by atoms with Crippen molar-refractivity contribution in [1.29, 1.82) is 0 Å². The smallest absolute Gasteiger partial charge is 0.462 e. The molecule has 0 radical (unpaired) electrons. The Balaban J connectivity index is 5.30. The molecule has 548 valence electrons. The maximum absolute atomic E-state index is 13.1. The summed E-state index contributed by atoms with van der Waals surface area (Å²) in [5, 5.41) is 10.6. The molecule has 0 saturated carbocycles. The molecule has 0 rings (SSSR count). The van der Waals surface area contributed by atoms with Crippen molar-refractivity contribution in [2.45, 2.75) is 369 Å². The number of hydrogen-bond acceptors (Lipinski definition) is 15. The fraction of sp³-hybridized carbons (Fsp3) is 0.892. The van der Waals surface area contributed by atoms with E-state index in [1.807, 2.05) is 0 Å². The van der Waals surface area contributed by atoms with Crippen LogP contribution in [-0.4, -0.2) is 96.7 Å². The molecular formula is C74H140O17P2. The van der Waals surface area contributed by atoms with Crippen LogP contribution in [0, 0.1) is 17.8 Å². The van der Waals surface area contributed by atoms with E-state index in [0.29, 0.717) is 25.7 Å². The second kappa shape index (κ2) is 64.2. The van der Waals surface area contributed by atoms with Crippen molar-refractivity contribution < 1.29 is 80.2 Å². The van der Waals surface area contributed by atoms with E-state index in [9.17, 15) is 43.2 Å². The average molecular weight is 1360 g/mol. The van der Waals surface area contributed by atoms with E-state index in [1.165, 1.54) is 141 Å².